The molecule has 0 aliphatic carbocycles. The highest BCUT2D eigenvalue weighted by Crippen LogP contribution is 2.24. The summed E-state index contributed by atoms with van der Waals surface area (Å²) in [4.78, 5) is 25.6. The van der Waals surface area contributed by atoms with E-state index in [0.717, 1.165) is 18.4 Å². The van der Waals surface area contributed by atoms with E-state index in [9.17, 15) is 14.0 Å². The van der Waals surface area contributed by atoms with Crippen molar-refractivity contribution < 1.29 is 19.1 Å². The molecule has 1 atom stereocenters. The number of aromatic carboxylic acids is 1. The summed E-state index contributed by atoms with van der Waals surface area (Å²) in [7, 11) is 0. The highest BCUT2D eigenvalue weighted by atomic mass is 19.1. The molecular weight excluding hydrogens is 309 g/mol. The van der Waals surface area contributed by atoms with Gasteiger partial charge in [-0.05, 0) is 55.2 Å². The van der Waals surface area contributed by atoms with Crippen LogP contribution in [0.5, 0.6) is 0 Å². The smallest absolute Gasteiger partial charge is 0.335 e. The van der Waals surface area contributed by atoms with E-state index in [1.165, 1.54) is 24.3 Å². The van der Waals surface area contributed by atoms with E-state index in [4.69, 9.17) is 5.11 Å². The molecule has 1 heterocycles. The van der Waals surface area contributed by atoms with Gasteiger partial charge in [0.15, 0.2) is 0 Å². The van der Waals surface area contributed by atoms with Gasteiger partial charge in [-0.25, -0.2) is 9.18 Å². The monoisotopic (exact) mass is 327 g/mol. The molecule has 4 nitrogen and oxygen atoms in total. The summed E-state index contributed by atoms with van der Waals surface area (Å²) < 4.78 is 13.3. The van der Waals surface area contributed by atoms with E-state index in [0.29, 0.717) is 18.5 Å². The van der Waals surface area contributed by atoms with Crippen LogP contribution in [0.15, 0.2) is 48.5 Å². The Bertz CT molecular complexity index is 775. The average molecular weight is 327 g/mol. The number of benzene rings is 2. The average Bonchev–Trinajstić information content (AvgIpc) is 3.02. The first-order valence-corrected chi connectivity index (χ1v) is 7.93. The minimum absolute atomic E-state index is 0.00721. The van der Waals surface area contributed by atoms with Crippen molar-refractivity contribution >= 4 is 11.9 Å². The van der Waals surface area contributed by atoms with Crippen LogP contribution in [0.25, 0.3) is 0 Å². The molecule has 1 fully saturated rings. The van der Waals surface area contributed by atoms with Gasteiger partial charge in [-0.3, -0.25) is 4.79 Å². The number of carbonyl (C=O) groups excluding carboxylic acids is 1. The molecule has 2 aromatic carbocycles. The van der Waals surface area contributed by atoms with Crippen LogP contribution in [-0.4, -0.2) is 34.5 Å². The molecule has 3 rings (SSSR count). The van der Waals surface area contributed by atoms with Crippen molar-refractivity contribution in [3.05, 3.63) is 71.0 Å². The topological polar surface area (TPSA) is 57.6 Å². The van der Waals surface area contributed by atoms with Crippen LogP contribution in [0.3, 0.4) is 0 Å². The zero-order chi connectivity index (χ0) is 17.1. The molecule has 1 aliphatic rings. The van der Waals surface area contributed by atoms with E-state index < -0.39 is 5.97 Å². The van der Waals surface area contributed by atoms with Crippen molar-refractivity contribution in [1.29, 1.82) is 0 Å². The second kappa shape index (κ2) is 6.83. The molecule has 1 saturated heterocycles. The Labute approximate surface area is 139 Å². The first kappa shape index (κ1) is 16.2. The Morgan fingerprint density at radius 1 is 1.12 bits per heavy atom. The first-order chi connectivity index (χ1) is 11.5. The lowest BCUT2D eigenvalue weighted by Gasteiger charge is -2.25. The number of rotatable bonds is 4. The van der Waals surface area contributed by atoms with Crippen molar-refractivity contribution in [2.24, 2.45) is 0 Å². The summed E-state index contributed by atoms with van der Waals surface area (Å²) in [6.07, 6.45) is 2.35. The van der Waals surface area contributed by atoms with Crippen LogP contribution in [0.2, 0.25) is 0 Å². The van der Waals surface area contributed by atoms with Crippen molar-refractivity contribution in [1.82, 2.24) is 4.90 Å². The largest absolute Gasteiger partial charge is 0.478 e. The maximum atomic E-state index is 13.3. The van der Waals surface area contributed by atoms with Gasteiger partial charge in [0.25, 0.3) is 5.91 Å². The number of carboxylic acid groups (broad SMARTS) is 1. The third kappa shape index (κ3) is 3.45. The minimum atomic E-state index is -1.05. The fraction of sp³-hybridized carbons (Fsp3) is 0.263. The molecule has 1 unspecified atom stereocenters. The van der Waals surface area contributed by atoms with Gasteiger partial charge in [-0.15, -0.1) is 0 Å². The van der Waals surface area contributed by atoms with Gasteiger partial charge in [-0.2, -0.15) is 0 Å². The van der Waals surface area contributed by atoms with Gasteiger partial charge in [0.2, 0.25) is 0 Å². The van der Waals surface area contributed by atoms with E-state index in [2.05, 4.69) is 0 Å². The molecule has 0 aromatic heterocycles. The molecule has 0 spiro atoms. The van der Waals surface area contributed by atoms with Crippen molar-refractivity contribution in [3.63, 3.8) is 0 Å². The maximum Gasteiger partial charge on any atom is 0.335 e. The van der Waals surface area contributed by atoms with Crippen molar-refractivity contribution in [3.8, 4) is 0 Å². The minimum Gasteiger partial charge on any atom is -0.478 e. The summed E-state index contributed by atoms with van der Waals surface area (Å²) in [5, 5.41) is 9.07. The van der Waals surface area contributed by atoms with Crippen LogP contribution >= 0.6 is 0 Å². The lowest BCUT2D eigenvalue weighted by Crippen LogP contribution is -2.36. The third-order valence-electron chi connectivity index (χ3n) is 4.35. The SMILES string of the molecule is O=C(O)c1cccc(C(=O)N2CCCC2Cc2cccc(F)c2)c1. The number of halogens is 1. The van der Waals surface area contributed by atoms with Crippen molar-refractivity contribution in [2.45, 2.75) is 25.3 Å². The first-order valence-electron chi connectivity index (χ1n) is 7.93. The summed E-state index contributed by atoms with van der Waals surface area (Å²) in [6, 6.07) is 12.5. The molecule has 1 N–H and O–H groups in total. The number of amides is 1. The number of hydrogen-bond acceptors (Lipinski definition) is 2. The fourth-order valence-electron chi connectivity index (χ4n) is 3.20. The Hall–Kier alpha value is -2.69. The zero-order valence-corrected chi connectivity index (χ0v) is 13.1. The third-order valence-corrected chi connectivity index (χ3v) is 4.35. The van der Waals surface area contributed by atoms with E-state index in [-0.39, 0.29) is 23.3 Å². The van der Waals surface area contributed by atoms with Crippen LogP contribution in [0.4, 0.5) is 4.39 Å². The van der Waals surface area contributed by atoms with Gasteiger partial charge in [0.05, 0.1) is 5.56 Å². The Balaban J connectivity index is 1.78. The molecular formula is C19H18FNO3. The van der Waals surface area contributed by atoms with Gasteiger partial charge >= 0.3 is 5.97 Å². The van der Waals surface area contributed by atoms with Gasteiger partial charge in [0, 0.05) is 18.2 Å². The summed E-state index contributed by atoms with van der Waals surface area (Å²) in [5.41, 5.74) is 1.33. The second-order valence-electron chi connectivity index (χ2n) is 6.01. The van der Waals surface area contributed by atoms with Crippen LogP contribution in [-0.2, 0) is 6.42 Å². The number of carbonyl (C=O) groups is 2. The predicted molar refractivity (Wildman–Crippen MR) is 87.6 cm³/mol. The molecule has 2 aromatic rings. The van der Waals surface area contributed by atoms with Crippen molar-refractivity contribution in [2.75, 3.05) is 6.54 Å². The van der Waals surface area contributed by atoms with E-state index in [1.807, 2.05) is 6.07 Å². The highest BCUT2D eigenvalue weighted by Gasteiger charge is 2.29. The quantitative estimate of drug-likeness (QED) is 0.936. The van der Waals surface area contributed by atoms with Crippen LogP contribution in [0.1, 0.15) is 39.1 Å². The lowest BCUT2D eigenvalue weighted by atomic mass is 10.0. The molecule has 1 amide bonds. The van der Waals surface area contributed by atoms with Gasteiger partial charge in [0.1, 0.15) is 5.82 Å². The van der Waals surface area contributed by atoms with E-state index >= 15 is 0 Å². The Morgan fingerprint density at radius 2 is 1.88 bits per heavy atom. The molecule has 0 radical (unpaired) electrons. The highest BCUT2D eigenvalue weighted by molar-refractivity contribution is 5.97. The normalized spacial score (nSPS) is 17.0. The van der Waals surface area contributed by atoms with Gasteiger partial charge in [-0.1, -0.05) is 18.2 Å². The number of carboxylic acids is 1. The molecule has 24 heavy (non-hydrogen) atoms. The Kier molecular flexibility index (Phi) is 4.60. The standard InChI is InChI=1S/C19H18FNO3/c20-16-7-1-4-13(10-16)11-17-8-3-9-21(17)18(22)14-5-2-6-15(12-14)19(23)24/h1-2,4-7,10,12,17H,3,8-9,11H2,(H,23,24). The Morgan fingerprint density at radius 3 is 2.62 bits per heavy atom. The molecule has 5 heteroatoms. The molecule has 0 saturated carbocycles. The zero-order valence-electron chi connectivity index (χ0n) is 13.1. The number of hydrogen-bond donors (Lipinski definition) is 1. The maximum absolute atomic E-state index is 13.3. The van der Waals surface area contributed by atoms with Crippen LogP contribution < -0.4 is 0 Å². The molecule has 124 valence electrons. The number of nitrogens with zero attached hydrogens (tertiary/aromatic N) is 1. The van der Waals surface area contributed by atoms with Gasteiger partial charge < -0.3 is 10.0 Å². The number of likely N-dealkylation sites (tertiary alicyclic amines) is 1. The fourth-order valence-corrected chi connectivity index (χ4v) is 3.20. The summed E-state index contributed by atoms with van der Waals surface area (Å²) in [6.45, 7) is 0.635. The summed E-state index contributed by atoms with van der Waals surface area (Å²) >= 11 is 0. The molecule has 0 bridgehead atoms. The van der Waals surface area contributed by atoms with Crippen LogP contribution in [0, 0.1) is 5.82 Å². The second-order valence-corrected chi connectivity index (χ2v) is 6.01. The lowest BCUT2D eigenvalue weighted by molar-refractivity contribution is 0.0697. The van der Waals surface area contributed by atoms with E-state index in [1.54, 1.807) is 23.1 Å². The predicted octanol–water partition coefficient (Wildman–Crippen LogP) is 3.37. The molecule has 1 aliphatic heterocycles. The summed E-state index contributed by atoms with van der Waals surface area (Å²) in [5.74, 6) is -1.50.